The number of amides is 1. The molecule has 8 heteroatoms. The summed E-state index contributed by atoms with van der Waals surface area (Å²) < 4.78 is 0.817. The van der Waals surface area contributed by atoms with E-state index in [1.807, 2.05) is 6.92 Å². The van der Waals surface area contributed by atoms with E-state index in [-0.39, 0.29) is 17.5 Å². The fourth-order valence-electron chi connectivity index (χ4n) is 3.10. The van der Waals surface area contributed by atoms with E-state index in [4.69, 9.17) is 5.11 Å². The van der Waals surface area contributed by atoms with Gasteiger partial charge in [-0.2, -0.15) is 0 Å². The Morgan fingerprint density at radius 1 is 1.38 bits per heavy atom. The highest BCUT2D eigenvalue weighted by atomic mass is 32.1. The van der Waals surface area contributed by atoms with E-state index in [1.54, 1.807) is 17.0 Å². The fraction of sp³-hybridized carbons (Fsp3) is 0.375. The number of carboxylic acid groups (broad SMARTS) is 1. The molecule has 2 aromatic rings. The quantitative estimate of drug-likeness (QED) is 0.679. The molecule has 2 heterocycles. The van der Waals surface area contributed by atoms with Crippen LogP contribution in [0.15, 0.2) is 24.3 Å². The Labute approximate surface area is 141 Å². The average molecular weight is 348 g/mol. The Bertz CT molecular complexity index is 831. The zero-order valence-electron chi connectivity index (χ0n) is 13.0. The molecule has 1 N–H and O–H groups in total. The van der Waals surface area contributed by atoms with Gasteiger partial charge in [-0.05, 0) is 24.5 Å². The van der Waals surface area contributed by atoms with Crippen molar-refractivity contribution in [3.8, 4) is 0 Å². The van der Waals surface area contributed by atoms with Crippen LogP contribution in [0.3, 0.4) is 0 Å². The predicted molar refractivity (Wildman–Crippen MR) is 89.3 cm³/mol. The number of hydrogen-bond acceptors (Lipinski definition) is 5. The number of carboxylic acids is 1. The maximum atomic E-state index is 12.7. The molecule has 1 fully saturated rings. The highest BCUT2D eigenvalue weighted by Gasteiger charge is 2.33. The van der Waals surface area contributed by atoms with E-state index in [0.717, 1.165) is 4.70 Å². The number of fused-ring (bicyclic) bond motifs is 1. The second-order valence-electron chi connectivity index (χ2n) is 6.05. The van der Waals surface area contributed by atoms with Crippen molar-refractivity contribution < 1.29 is 19.6 Å². The number of rotatable bonds is 3. The minimum Gasteiger partial charge on any atom is -0.481 e. The van der Waals surface area contributed by atoms with E-state index in [1.165, 1.54) is 23.5 Å². The van der Waals surface area contributed by atoms with Gasteiger partial charge < -0.3 is 10.0 Å². The van der Waals surface area contributed by atoms with Crippen molar-refractivity contribution >= 4 is 39.0 Å². The Morgan fingerprint density at radius 2 is 2.12 bits per heavy atom. The van der Waals surface area contributed by atoms with Crippen LogP contribution < -0.4 is 0 Å². The molecule has 1 aromatic heterocycles. The zero-order chi connectivity index (χ0) is 17.4. The van der Waals surface area contributed by atoms with Crippen LogP contribution in [0.2, 0.25) is 0 Å². The molecule has 126 valence electrons. The van der Waals surface area contributed by atoms with Crippen LogP contribution in [0.25, 0.3) is 10.1 Å². The van der Waals surface area contributed by atoms with Crippen molar-refractivity contribution in [2.45, 2.75) is 13.3 Å². The van der Waals surface area contributed by atoms with Gasteiger partial charge in [0.2, 0.25) is 0 Å². The number of thiophene rings is 1. The van der Waals surface area contributed by atoms with Gasteiger partial charge in [-0.25, -0.2) is 0 Å². The van der Waals surface area contributed by atoms with Crippen LogP contribution in [-0.4, -0.2) is 39.9 Å². The second-order valence-corrected chi connectivity index (χ2v) is 7.14. The molecule has 0 spiro atoms. The highest BCUT2D eigenvalue weighted by molar-refractivity contribution is 7.20. The van der Waals surface area contributed by atoms with E-state index in [2.05, 4.69) is 0 Å². The normalized spacial score (nSPS) is 21.0. The van der Waals surface area contributed by atoms with Crippen LogP contribution in [0.4, 0.5) is 5.69 Å². The molecule has 2 unspecified atom stereocenters. The van der Waals surface area contributed by atoms with Gasteiger partial charge in [-0.1, -0.05) is 6.92 Å². The second kappa shape index (κ2) is 6.20. The van der Waals surface area contributed by atoms with E-state index >= 15 is 0 Å². The average Bonchev–Trinajstić information content (AvgIpc) is 2.96. The molecule has 2 atom stereocenters. The first-order valence-electron chi connectivity index (χ1n) is 7.57. The molecule has 0 aliphatic carbocycles. The Balaban J connectivity index is 1.81. The maximum absolute atomic E-state index is 12.7. The smallest absolute Gasteiger partial charge is 0.306 e. The van der Waals surface area contributed by atoms with Crippen LogP contribution in [0.5, 0.6) is 0 Å². The molecule has 7 nitrogen and oxygen atoms in total. The fourth-order valence-corrected chi connectivity index (χ4v) is 4.11. The number of piperidine rings is 1. The lowest BCUT2D eigenvalue weighted by molar-refractivity contribution is -0.384. The van der Waals surface area contributed by atoms with Gasteiger partial charge in [0.15, 0.2) is 0 Å². The van der Waals surface area contributed by atoms with E-state index < -0.39 is 16.8 Å². The minimum atomic E-state index is -0.816. The Morgan fingerprint density at radius 3 is 2.75 bits per heavy atom. The van der Waals surface area contributed by atoms with Crippen molar-refractivity contribution in [1.82, 2.24) is 4.90 Å². The largest absolute Gasteiger partial charge is 0.481 e. The summed E-state index contributed by atoms with van der Waals surface area (Å²) in [4.78, 5) is 36.4. The third-order valence-corrected chi connectivity index (χ3v) is 5.54. The topological polar surface area (TPSA) is 101 Å². The van der Waals surface area contributed by atoms with Crippen LogP contribution in [0, 0.1) is 22.0 Å². The van der Waals surface area contributed by atoms with E-state index in [9.17, 15) is 19.7 Å². The molecule has 1 saturated heterocycles. The molecule has 3 rings (SSSR count). The van der Waals surface area contributed by atoms with Crippen molar-refractivity contribution in [1.29, 1.82) is 0 Å². The summed E-state index contributed by atoms with van der Waals surface area (Å²) in [5, 5.41) is 20.7. The van der Waals surface area contributed by atoms with Crippen molar-refractivity contribution in [2.75, 3.05) is 13.1 Å². The molecular formula is C16H16N2O5S. The zero-order valence-corrected chi connectivity index (χ0v) is 13.8. The van der Waals surface area contributed by atoms with Crippen LogP contribution in [-0.2, 0) is 4.79 Å². The summed E-state index contributed by atoms with van der Waals surface area (Å²) >= 11 is 1.30. The molecule has 1 amide bonds. The van der Waals surface area contributed by atoms with Gasteiger partial charge in [0, 0.05) is 35.3 Å². The van der Waals surface area contributed by atoms with Crippen molar-refractivity contribution in [2.24, 2.45) is 11.8 Å². The van der Waals surface area contributed by atoms with Crippen LogP contribution >= 0.6 is 11.3 Å². The first kappa shape index (κ1) is 16.4. The maximum Gasteiger partial charge on any atom is 0.306 e. The minimum absolute atomic E-state index is 0.00445. The Hall–Kier alpha value is -2.48. The lowest BCUT2D eigenvalue weighted by atomic mass is 9.87. The van der Waals surface area contributed by atoms with Gasteiger partial charge in [-0.15, -0.1) is 11.3 Å². The molecule has 0 bridgehead atoms. The molecular weight excluding hydrogens is 332 g/mol. The first-order valence-corrected chi connectivity index (χ1v) is 8.38. The molecule has 0 radical (unpaired) electrons. The van der Waals surface area contributed by atoms with Crippen molar-refractivity contribution in [3.63, 3.8) is 0 Å². The number of carbonyl (C=O) groups is 2. The van der Waals surface area contributed by atoms with Gasteiger partial charge in [0.25, 0.3) is 11.6 Å². The number of nitrogens with zero attached hydrogens (tertiary/aromatic N) is 2. The van der Waals surface area contributed by atoms with Crippen LogP contribution in [0.1, 0.15) is 23.0 Å². The monoisotopic (exact) mass is 348 g/mol. The lowest BCUT2D eigenvalue weighted by Gasteiger charge is -2.34. The predicted octanol–water partition coefficient (Wildman–Crippen LogP) is 2.99. The molecule has 1 aliphatic heterocycles. The van der Waals surface area contributed by atoms with Gasteiger partial charge >= 0.3 is 5.97 Å². The number of benzene rings is 1. The van der Waals surface area contributed by atoms with E-state index in [0.29, 0.717) is 29.8 Å². The third kappa shape index (κ3) is 2.96. The molecule has 1 aromatic carbocycles. The number of non-ortho nitro benzene ring substituents is 1. The summed E-state index contributed by atoms with van der Waals surface area (Å²) in [6.07, 6.45) is 0.443. The standard InChI is InChI=1S/C16H16N2O5S/c1-9-8-17(5-4-12(9)16(20)21)15(19)14-7-10-6-11(18(22)23)2-3-13(10)24-14/h2-3,6-7,9,12H,4-5,8H2,1H3,(H,20,21). The first-order chi connectivity index (χ1) is 11.4. The van der Waals surface area contributed by atoms with Crippen molar-refractivity contribution in [3.05, 3.63) is 39.3 Å². The Kier molecular flexibility index (Phi) is 4.23. The number of hydrogen-bond donors (Lipinski definition) is 1. The summed E-state index contributed by atoms with van der Waals surface area (Å²) in [5.74, 6) is -1.48. The number of carbonyl (C=O) groups excluding carboxylic acids is 1. The number of likely N-dealkylation sites (tertiary alicyclic amines) is 1. The summed E-state index contributed by atoms with van der Waals surface area (Å²) in [6.45, 7) is 2.66. The number of aliphatic carboxylic acids is 1. The number of nitro benzene ring substituents is 1. The summed E-state index contributed by atoms with van der Waals surface area (Å²) in [7, 11) is 0. The molecule has 1 aliphatic rings. The summed E-state index contributed by atoms with van der Waals surface area (Å²) in [5.41, 5.74) is -0.00445. The molecule has 24 heavy (non-hydrogen) atoms. The lowest BCUT2D eigenvalue weighted by Crippen LogP contribution is -2.44. The van der Waals surface area contributed by atoms with Gasteiger partial charge in [0.05, 0.1) is 15.7 Å². The number of nitro groups is 1. The highest BCUT2D eigenvalue weighted by Crippen LogP contribution is 2.31. The van der Waals surface area contributed by atoms with Gasteiger partial charge in [0.1, 0.15) is 0 Å². The SMILES string of the molecule is CC1CN(C(=O)c2cc3cc([N+](=O)[O-])ccc3s2)CCC1C(=O)O. The summed E-state index contributed by atoms with van der Waals surface area (Å²) in [6, 6.07) is 6.20. The van der Waals surface area contributed by atoms with Gasteiger partial charge in [-0.3, -0.25) is 19.7 Å². The third-order valence-electron chi connectivity index (χ3n) is 4.43. The molecule has 0 saturated carbocycles.